The molecule has 0 N–H and O–H groups in total. The quantitative estimate of drug-likeness (QED) is 0.712. The molecule has 4 nitrogen and oxygen atoms in total. The van der Waals surface area contributed by atoms with Gasteiger partial charge in [0.1, 0.15) is 5.82 Å². The first-order chi connectivity index (χ1) is 10.2. The molecule has 1 aliphatic carbocycles. The number of halogens is 1. The lowest BCUT2D eigenvalue weighted by Crippen LogP contribution is -1.96. The van der Waals surface area contributed by atoms with Crippen LogP contribution in [0.5, 0.6) is 0 Å². The van der Waals surface area contributed by atoms with Gasteiger partial charge in [0.05, 0.1) is 16.7 Å². The molecule has 0 bridgehead atoms. The highest BCUT2D eigenvalue weighted by Crippen LogP contribution is 2.52. The molecule has 5 heteroatoms. The second-order valence-corrected chi connectivity index (χ2v) is 6.35. The van der Waals surface area contributed by atoms with E-state index in [2.05, 4.69) is 30.9 Å². The zero-order valence-corrected chi connectivity index (χ0v) is 13.1. The molecular formula is C16H13BrN4. The van der Waals surface area contributed by atoms with Gasteiger partial charge in [0.25, 0.3) is 0 Å². The van der Waals surface area contributed by atoms with Gasteiger partial charge in [-0.15, -0.1) is 0 Å². The SMILES string of the molecule is Cc1ccnc(C2CC2c2cnc3ccc(Br)cc3n2)n1. The van der Waals surface area contributed by atoms with Crippen LogP contribution >= 0.6 is 15.9 Å². The maximum Gasteiger partial charge on any atom is 0.132 e. The fourth-order valence-electron chi connectivity index (χ4n) is 2.63. The number of aryl methyl sites for hydroxylation is 1. The summed E-state index contributed by atoms with van der Waals surface area (Å²) in [5.41, 5.74) is 3.90. The minimum absolute atomic E-state index is 0.379. The molecule has 2 atom stereocenters. The number of nitrogens with zero attached hydrogens (tertiary/aromatic N) is 4. The van der Waals surface area contributed by atoms with Crippen molar-refractivity contribution in [1.82, 2.24) is 19.9 Å². The Balaban J connectivity index is 1.66. The van der Waals surface area contributed by atoms with E-state index in [-0.39, 0.29) is 0 Å². The summed E-state index contributed by atoms with van der Waals surface area (Å²) in [6, 6.07) is 7.89. The Morgan fingerprint density at radius 3 is 2.81 bits per heavy atom. The summed E-state index contributed by atoms with van der Waals surface area (Å²) >= 11 is 3.48. The van der Waals surface area contributed by atoms with Crippen LogP contribution in [-0.4, -0.2) is 19.9 Å². The number of rotatable bonds is 2. The van der Waals surface area contributed by atoms with Crippen molar-refractivity contribution in [2.45, 2.75) is 25.2 Å². The van der Waals surface area contributed by atoms with Crippen LogP contribution in [0.15, 0.2) is 41.1 Å². The summed E-state index contributed by atoms with van der Waals surface area (Å²) in [6.07, 6.45) is 4.77. The summed E-state index contributed by atoms with van der Waals surface area (Å²) in [6.45, 7) is 2.00. The van der Waals surface area contributed by atoms with Gasteiger partial charge in [-0.2, -0.15) is 0 Å². The molecule has 1 aliphatic rings. The third kappa shape index (κ3) is 2.42. The summed E-state index contributed by atoms with van der Waals surface area (Å²) in [5, 5.41) is 0. The minimum Gasteiger partial charge on any atom is -0.253 e. The number of aromatic nitrogens is 4. The van der Waals surface area contributed by atoms with E-state index in [1.54, 1.807) is 0 Å². The molecular weight excluding hydrogens is 328 g/mol. The second-order valence-electron chi connectivity index (χ2n) is 5.43. The molecule has 21 heavy (non-hydrogen) atoms. The predicted molar refractivity (Wildman–Crippen MR) is 84.1 cm³/mol. The Bertz CT molecular complexity index is 833. The molecule has 2 heterocycles. The van der Waals surface area contributed by atoms with Crippen LogP contribution < -0.4 is 0 Å². The zero-order valence-electron chi connectivity index (χ0n) is 11.5. The fourth-order valence-corrected chi connectivity index (χ4v) is 2.98. The fraction of sp³-hybridized carbons (Fsp3) is 0.250. The smallest absolute Gasteiger partial charge is 0.132 e. The number of hydrogen-bond donors (Lipinski definition) is 0. The van der Waals surface area contributed by atoms with Crippen LogP contribution in [0.3, 0.4) is 0 Å². The van der Waals surface area contributed by atoms with Gasteiger partial charge in [0.15, 0.2) is 0 Å². The first-order valence-corrected chi connectivity index (χ1v) is 7.72. The highest BCUT2D eigenvalue weighted by molar-refractivity contribution is 9.10. The van der Waals surface area contributed by atoms with Gasteiger partial charge in [0.2, 0.25) is 0 Å². The Morgan fingerprint density at radius 1 is 1.05 bits per heavy atom. The van der Waals surface area contributed by atoms with E-state index in [1.165, 1.54) is 0 Å². The third-order valence-corrected chi connectivity index (χ3v) is 4.33. The van der Waals surface area contributed by atoms with E-state index in [0.717, 1.165) is 39.1 Å². The average molecular weight is 341 g/mol. The second kappa shape index (κ2) is 4.84. The zero-order chi connectivity index (χ0) is 14.4. The van der Waals surface area contributed by atoms with Gasteiger partial charge >= 0.3 is 0 Å². The molecule has 1 aromatic carbocycles. The molecule has 3 aromatic rings. The van der Waals surface area contributed by atoms with Crippen molar-refractivity contribution in [3.63, 3.8) is 0 Å². The normalized spacial score (nSPS) is 20.7. The van der Waals surface area contributed by atoms with Crippen LogP contribution in [-0.2, 0) is 0 Å². The maximum atomic E-state index is 4.75. The summed E-state index contributed by atoms with van der Waals surface area (Å²) in [5.74, 6) is 1.70. The van der Waals surface area contributed by atoms with Crippen molar-refractivity contribution in [2.75, 3.05) is 0 Å². The minimum atomic E-state index is 0.379. The van der Waals surface area contributed by atoms with Crippen LogP contribution in [0.25, 0.3) is 11.0 Å². The molecule has 4 rings (SSSR count). The number of benzene rings is 1. The van der Waals surface area contributed by atoms with Gasteiger partial charge in [-0.3, -0.25) is 4.98 Å². The van der Waals surface area contributed by atoms with Gasteiger partial charge < -0.3 is 0 Å². The van der Waals surface area contributed by atoms with E-state index in [4.69, 9.17) is 4.98 Å². The number of fused-ring (bicyclic) bond motifs is 1. The van der Waals surface area contributed by atoms with Gasteiger partial charge in [-0.25, -0.2) is 15.0 Å². The van der Waals surface area contributed by atoms with Crippen molar-refractivity contribution in [3.8, 4) is 0 Å². The Morgan fingerprint density at radius 2 is 1.95 bits per heavy atom. The van der Waals surface area contributed by atoms with Crippen molar-refractivity contribution >= 4 is 27.0 Å². The van der Waals surface area contributed by atoms with Crippen LogP contribution in [0.2, 0.25) is 0 Å². The monoisotopic (exact) mass is 340 g/mol. The first-order valence-electron chi connectivity index (χ1n) is 6.92. The van der Waals surface area contributed by atoms with E-state index >= 15 is 0 Å². The van der Waals surface area contributed by atoms with Crippen molar-refractivity contribution in [2.24, 2.45) is 0 Å². The topological polar surface area (TPSA) is 51.6 Å². The van der Waals surface area contributed by atoms with E-state index < -0.39 is 0 Å². The molecule has 0 saturated heterocycles. The first kappa shape index (κ1) is 12.8. The summed E-state index contributed by atoms with van der Waals surface area (Å²) in [4.78, 5) is 18.2. The Hall–Kier alpha value is -1.88. The van der Waals surface area contributed by atoms with Crippen LogP contribution in [0, 0.1) is 6.92 Å². The molecule has 0 spiro atoms. The molecule has 104 valence electrons. The van der Waals surface area contributed by atoms with Gasteiger partial charge in [0, 0.05) is 34.4 Å². The van der Waals surface area contributed by atoms with Crippen LogP contribution in [0.4, 0.5) is 0 Å². The van der Waals surface area contributed by atoms with E-state index in [9.17, 15) is 0 Å². The third-order valence-electron chi connectivity index (χ3n) is 3.84. The van der Waals surface area contributed by atoms with Gasteiger partial charge in [-0.1, -0.05) is 15.9 Å². The molecule has 2 aromatic heterocycles. The molecule has 0 radical (unpaired) electrons. The molecule has 1 fully saturated rings. The highest BCUT2D eigenvalue weighted by Gasteiger charge is 2.43. The largest absolute Gasteiger partial charge is 0.253 e. The molecule has 1 saturated carbocycles. The standard InChI is InChI=1S/C16H13BrN4/c1-9-4-5-18-16(20-9)12-7-11(12)15-8-19-13-3-2-10(17)6-14(13)21-15/h2-6,8,11-12H,7H2,1H3. The summed E-state index contributed by atoms with van der Waals surface area (Å²) < 4.78 is 1.02. The van der Waals surface area contributed by atoms with Crippen molar-refractivity contribution in [1.29, 1.82) is 0 Å². The average Bonchev–Trinajstić information content (AvgIpc) is 3.27. The maximum absolute atomic E-state index is 4.75. The van der Waals surface area contributed by atoms with Crippen molar-refractivity contribution < 1.29 is 0 Å². The molecule has 0 amide bonds. The highest BCUT2D eigenvalue weighted by atomic mass is 79.9. The molecule has 0 aliphatic heterocycles. The Labute approximate surface area is 130 Å². The van der Waals surface area contributed by atoms with E-state index in [1.807, 2.05) is 43.6 Å². The van der Waals surface area contributed by atoms with Crippen LogP contribution in [0.1, 0.15) is 35.5 Å². The lowest BCUT2D eigenvalue weighted by molar-refractivity contribution is 0.864. The van der Waals surface area contributed by atoms with Crippen molar-refractivity contribution in [3.05, 3.63) is 58.3 Å². The predicted octanol–water partition coefficient (Wildman–Crippen LogP) is 3.76. The lowest BCUT2D eigenvalue weighted by Gasteiger charge is -2.03. The lowest BCUT2D eigenvalue weighted by atomic mass is 10.2. The number of hydrogen-bond acceptors (Lipinski definition) is 4. The van der Waals surface area contributed by atoms with Gasteiger partial charge in [-0.05, 0) is 37.6 Å². The Kier molecular flexibility index (Phi) is 2.96. The van der Waals surface area contributed by atoms with E-state index in [0.29, 0.717) is 11.8 Å². The molecule has 2 unspecified atom stereocenters. The summed E-state index contributed by atoms with van der Waals surface area (Å²) in [7, 11) is 0.